The quantitative estimate of drug-likeness (QED) is 0.820. The summed E-state index contributed by atoms with van der Waals surface area (Å²) in [7, 11) is 0. The van der Waals surface area contributed by atoms with Crippen LogP contribution in [0.15, 0.2) is 18.5 Å². The molecule has 1 aromatic heterocycles. The van der Waals surface area contributed by atoms with Gasteiger partial charge < -0.3 is 4.90 Å². The van der Waals surface area contributed by atoms with E-state index in [1.54, 1.807) is 0 Å². The zero-order chi connectivity index (χ0) is 16.2. The fourth-order valence-corrected chi connectivity index (χ4v) is 7.00. The molecule has 0 amide bonds. The molecular formula is C18H28N4S2. The van der Waals surface area contributed by atoms with Gasteiger partial charge in [0.05, 0.1) is 0 Å². The Balaban J connectivity index is 1.27. The molecule has 0 N–H and O–H groups in total. The number of likely N-dealkylation sites (tertiary alicyclic amines) is 1. The van der Waals surface area contributed by atoms with Crippen LogP contribution in [0.5, 0.6) is 0 Å². The van der Waals surface area contributed by atoms with Crippen LogP contribution < -0.4 is 4.90 Å². The molecule has 3 aliphatic rings. The number of rotatable bonds is 3. The molecule has 1 atom stereocenters. The van der Waals surface area contributed by atoms with Crippen LogP contribution in [0.2, 0.25) is 0 Å². The molecule has 6 heteroatoms. The molecule has 0 bridgehead atoms. The summed E-state index contributed by atoms with van der Waals surface area (Å²) < 4.78 is 0. The molecule has 3 saturated heterocycles. The minimum atomic E-state index is 0.824. The summed E-state index contributed by atoms with van der Waals surface area (Å²) in [5.41, 5.74) is 0. The van der Waals surface area contributed by atoms with Crippen molar-refractivity contribution in [1.82, 2.24) is 14.9 Å². The average Bonchev–Trinajstić information content (AvgIpc) is 2.98. The highest BCUT2D eigenvalue weighted by molar-refractivity contribution is 8.03. The van der Waals surface area contributed by atoms with E-state index in [-0.39, 0.29) is 0 Å². The minimum absolute atomic E-state index is 0.824. The first-order valence-corrected chi connectivity index (χ1v) is 11.6. The third-order valence-corrected chi connectivity index (χ3v) is 8.29. The Morgan fingerprint density at radius 1 is 0.875 bits per heavy atom. The van der Waals surface area contributed by atoms with Crippen molar-refractivity contribution in [3.8, 4) is 0 Å². The van der Waals surface area contributed by atoms with Crippen molar-refractivity contribution in [3.05, 3.63) is 18.5 Å². The van der Waals surface area contributed by atoms with Crippen molar-refractivity contribution in [2.45, 2.75) is 25.3 Å². The van der Waals surface area contributed by atoms with Crippen LogP contribution in [0.25, 0.3) is 0 Å². The summed E-state index contributed by atoms with van der Waals surface area (Å²) in [6.07, 6.45) is 7.74. The van der Waals surface area contributed by atoms with Gasteiger partial charge in [0, 0.05) is 61.1 Å². The van der Waals surface area contributed by atoms with Crippen LogP contribution in [0, 0.1) is 11.8 Å². The van der Waals surface area contributed by atoms with Gasteiger partial charge in [-0.05, 0) is 43.7 Å². The van der Waals surface area contributed by atoms with E-state index >= 15 is 0 Å². The predicted molar refractivity (Wildman–Crippen MR) is 105 cm³/mol. The molecule has 132 valence electrons. The summed E-state index contributed by atoms with van der Waals surface area (Å²) in [5, 5.41) is 0. The first-order chi connectivity index (χ1) is 11.9. The zero-order valence-electron chi connectivity index (χ0n) is 14.3. The van der Waals surface area contributed by atoms with Gasteiger partial charge in [-0.3, -0.25) is 4.90 Å². The summed E-state index contributed by atoms with van der Waals surface area (Å²) >= 11 is 4.32. The van der Waals surface area contributed by atoms with Crippen LogP contribution in [-0.4, -0.2) is 70.1 Å². The van der Waals surface area contributed by atoms with E-state index in [0.29, 0.717) is 0 Å². The second kappa shape index (κ2) is 8.28. The van der Waals surface area contributed by atoms with Gasteiger partial charge >= 0.3 is 0 Å². The molecule has 0 radical (unpaired) electrons. The summed E-state index contributed by atoms with van der Waals surface area (Å²) in [5.74, 6) is 8.13. The molecule has 1 aromatic rings. The van der Waals surface area contributed by atoms with Crippen LogP contribution in [0.1, 0.15) is 19.3 Å². The van der Waals surface area contributed by atoms with Crippen molar-refractivity contribution >= 4 is 29.5 Å². The molecular weight excluding hydrogens is 336 g/mol. The Hall–Kier alpha value is -0.460. The minimum Gasteiger partial charge on any atom is -0.341 e. The molecule has 0 aromatic carbocycles. The first-order valence-electron chi connectivity index (χ1n) is 9.31. The van der Waals surface area contributed by atoms with Crippen molar-refractivity contribution < 1.29 is 0 Å². The molecule has 0 spiro atoms. The van der Waals surface area contributed by atoms with Gasteiger partial charge in [-0.15, -0.1) is 0 Å². The van der Waals surface area contributed by atoms with E-state index < -0.39 is 0 Å². The third-order valence-electron chi connectivity index (χ3n) is 5.81. The maximum atomic E-state index is 4.41. The SMILES string of the molecule is c1cnc(N2CCC([C@H]3CCN(C4CSCCSC4)C3)CC2)nc1. The molecule has 0 saturated carbocycles. The average molecular weight is 365 g/mol. The van der Waals surface area contributed by atoms with Crippen LogP contribution in [-0.2, 0) is 0 Å². The lowest BCUT2D eigenvalue weighted by Gasteiger charge is -2.35. The maximum absolute atomic E-state index is 4.41. The number of aromatic nitrogens is 2. The predicted octanol–water partition coefficient (Wildman–Crippen LogP) is 2.86. The van der Waals surface area contributed by atoms with E-state index in [9.17, 15) is 0 Å². The lowest BCUT2D eigenvalue weighted by atomic mass is 9.84. The Bertz CT molecular complexity index is 499. The summed E-state index contributed by atoms with van der Waals surface area (Å²) in [4.78, 5) is 14.0. The Kier molecular flexibility index (Phi) is 5.86. The standard InChI is InChI=1S/C18H28N4S2/c1-5-19-18(20-6-1)21-7-2-15(3-8-21)16-4-9-22(12-16)17-13-23-10-11-24-14-17/h1,5-6,15-17H,2-4,7-14H2/t16-/m0/s1. The van der Waals surface area contributed by atoms with Crippen LogP contribution in [0.4, 0.5) is 5.95 Å². The molecule has 0 unspecified atom stereocenters. The van der Waals surface area contributed by atoms with Gasteiger partial charge in [-0.2, -0.15) is 23.5 Å². The third kappa shape index (κ3) is 4.02. The van der Waals surface area contributed by atoms with Crippen molar-refractivity contribution in [1.29, 1.82) is 0 Å². The second-order valence-corrected chi connectivity index (χ2v) is 9.52. The van der Waals surface area contributed by atoms with Gasteiger partial charge in [-0.1, -0.05) is 0 Å². The van der Waals surface area contributed by atoms with Gasteiger partial charge in [-0.25, -0.2) is 9.97 Å². The number of nitrogens with zero attached hydrogens (tertiary/aromatic N) is 4. The number of thioether (sulfide) groups is 2. The van der Waals surface area contributed by atoms with E-state index in [2.05, 4.69) is 43.3 Å². The number of hydrogen-bond donors (Lipinski definition) is 0. The largest absolute Gasteiger partial charge is 0.341 e. The molecule has 3 fully saturated rings. The fraction of sp³-hybridized carbons (Fsp3) is 0.778. The lowest BCUT2D eigenvalue weighted by Crippen LogP contribution is -2.40. The Morgan fingerprint density at radius 2 is 1.54 bits per heavy atom. The highest BCUT2D eigenvalue weighted by atomic mass is 32.2. The molecule has 4 heterocycles. The summed E-state index contributed by atoms with van der Waals surface area (Å²) in [6.45, 7) is 4.93. The van der Waals surface area contributed by atoms with Crippen LogP contribution in [0.3, 0.4) is 0 Å². The Morgan fingerprint density at radius 3 is 2.25 bits per heavy atom. The van der Waals surface area contributed by atoms with E-state index in [0.717, 1.165) is 36.9 Å². The van der Waals surface area contributed by atoms with Gasteiger partial charge in [0.2, 0.25) is 5.95 Å². The smallest absolute Gasteiger partial charge is 0.225 e. The normalized spacial score (nSPS) is 28.2. The molecule has 3 aliphatic heterocycles. The molecule has 0 aliphatic carbocycles. The first kappa shape index (κ1) is 17.0. The van der Waals surface area contributed by atoms with Gasteiger partial charge in [0.25, 0.3) is 0 Å². The molecule has 4 nitrogen and oxygen atoms in total. The van der Waals surface area contributed by atoms with Crippen molar-refractivity contribution in [2.24, 2.45) is 11.8 Å². The highest BCUT2D eigenvalue weighted by Gasteiger charge is 2.35. The monoisotopic (exact) mass is 364 g/mol. The fourth-order valence-electron chi connectivity index (χ4n) is 4.37. The molecule has 24 heavy (non-hydrogen) atoms. The maximum Gasteiger partial charge on any atom is 0.225 e. The van der Waals surface area contributed by atoms with E-state index in [1.165, 1.54) is 55.4 Å². The highest BCUT2D eigenvalue weighted by Crippen LogP contribution is 2.34. The van der Waals surface area contributed by atoms with Gasteiger partial charge in [0.1, 0.15) is 0 Å². The number of piperidine rings is 1. The zero-order valence-corrected chi connectivity index (χ0v) is 16.0. The van der Waals surface area contributed by atoms with E-state index in [4.69, 9.17) is 0 Å². The van der Waals surface area contributed by atoms with E-state index in [1.807, 2.05) is 18.5 Å². The molecule has 4 rings (SSSR count). The lowest BCUT2D eigenvalue weighted by molar-refractivity contribution is 0.233. The second-order valence-electron chi connectivity index (χ2n) is 7.22. The number of anilines is 1. The summed E-state index contributed by atoms with van der Waals surface area (Å²) in [6, 6.07) is 2.72. The van der Waals surface area contributed by atoms with Crippen molar-refractivity contribution in [3.63, 3.8) is 0 Å². The van der Waals surface area contributed by atoms with Crippen molar-refractivity contribution in [2.75, 3.05) is 54.1 Å². The van der Waals surface area contributed by atoms with Crippen LogP contribution >= 0.6 is 23.5 Å². The topological polar surface area (TPSA) is 32.3 Å². The number of hydrogen-bond acceptors (Lipinski definition) is 6. The van der Waals surface area contributed by atoms with Gasteiger partial charge in [0.15, 0.2) is 0 Å². The Labute approximate surface area is 154 Å².